The Morgan fingerprint density at radius 2 is 2.26 bits per heavy atom. The van der Waals surface area contributed by atoms with E-state index in [1.165, 1.54) is 0 Å². The van der Waals surface area contributed by atoms with Crippen LogP contribution in [0.4, 0.5) is 0 Å². The lowest BCUT2D eigenvalue weighted by Gasteiger charge is -2.33. The van der Waals surface area contributed by atoms with Crippen LogP contribution in [0.5, 0.6) is 0 Å². The minimum atomic E-state index is -0.101. The molecule has 0 N–H and O–H groups in total. The maximum atomic E-state index is 12.8. The number of nitrogens with zero attached hydrogens (tertiary/aromatic N) is 4. The number of aromatic nitrogens is 3. The molecule has 1 amide bonds. The number of carbonyl (C=O) groups excluding carboxylic acids is 1. The zero-order valence-corrected chi connectivity index (χ0v) is 13.8. The number of hydrogen-bond donors (Lipinski definition) is 0. The summed E-state index contributed by atoms with van der Waals surface area (Å²) in [5, 5.41) is 4.36. The van der Waals surface area contributed by atoms with Gasteiger partial charge in [0.05, 0.1) is 24.4 Å². The highest BCUT2D eigenvalue weighted by Gasteiger charge is 2.28. The van der Waals surface area contributed by atoms with E-state index in [1.807, 2.05) is 44.0 Å². The number of carbonyl (C=O) groups is 1. The zero-order chi connectivity index (χ0) is 16.4. The fourth-order valence-electron chi connectivity index (χ4n) is 2.86. The molecule has 0 bridgehead atoms. The molecule has 1 fully saturated rings. The molecule has 0 radical (unpaired) electrons. The third-order valence-electron chi connectivity index (χ3n) is 4.15. The minimum Gasteiger partial charge on any atom is -0.370 e. The van der Waals surface area contributed by atoms with Gasteiger partial charge in [0.15, 0.2) is 0 Å². The first-order chi connectivity index (χ1) is 11.1. The maximum Gasteiger partial charge on any atom is 0.257 e. The first-order valence-corrected chi connectivity index (χ1v) is 7.96. The standard InChI is InChI=1S/C17H22N4O2/c1-4-21-10-15(13(3)19-21)17(22)20-7-8-23-16(11-20)14-5-6-18-12(2)9-14/h5-6,9-10,16H,4,7-8,11H2,1-3H3/t16-/m1/s1. The summed E-state index contributed by atoms with van der Waals surface area (Å²) in [5.41, 5.74) is 3.48. The average molecular weight is 314 g/mol. The lowest BCUT2D eigenvalue weighted by molar-refractivity contribution is -0.0229. The predicted molar refractivity (Wildman–Crippen MR) is 86.2 cm³/mol. The molecule has 0 saturated carbocycles. The van der Waals surface area contributed by atoms with E-state index in [2.05, 4.69) is 10.1 Å². The molecule has 6 nitrogen and oxygen atoms in total. The van der Waals surface area contributed by atoms with Crippen molar-refractivity contribution in [1.82, 2.24) is 19.7 Å². The Morgan fingerprint density at radius 3 is 2.96 bits per heavy atom. The van der Waals surface area contributed by atoms with Crippen molar-refractivity contribution in [3.05, 3.63) is 47.0 Å². The van der Waals surface area contributed by atoms with Gasteiger partial charge in [-0.25, -0.2) is 0 Å². The van der Waals surface area contributed by atoms with Gasteiger partial charge < -0.3 is 9.64 Å². The van der Waals surface area contributed by atoms with Crippen LogP contribution < -0.4 is 0 Å². The monoisotopic (exact) mass is 314 g/mol. The van der Waals surface area contributed by atoms with Gasteiger partial charge in [0, 0.05) is 31.2 Å². The summed E-state index contributed by atoms with van der Waals surface area (Å²) in [6, 6.07) is 3.96. The van der Waals surface area contributed by atoms with Gasteiger partial charge in [0.25, 0.3) is 5.91 Å². The van der Waals surface area contributed by atoms with E-state index in [-0.39, 0.29) is 12.0 Å². The van der Waals surface area contributed by atoms with E-state index in [0.29, 0.717) is 25.3 Å². The van der Waals surface area contributed by atoms with Crippen LogP contribution >= 0.6 is 0 Å². The van der Waals surface area contributed by atoms with Crippen LogP contribution in [0, 0.1) is 13.8 Å². The normalized spacial score (nSPS) is 18.2. The van der Waals surface area contributed by atoms with Gasteiger partial charge >= 0.3 is 0 Å². The van der Waals surface area contributed by atoms with E-state index in [0.717, 1.165) is 23.5 Å². The fourth-order valence-corrected chi connectivity index (χ4v) is 2.86. The van der Waals surface area contributed by atoms with Crippen LogP contribution in [0.3, 0.4) is 0 Å². The van der Waals surface area contributed by atoms with Gasteiger partial charge in [-0.15, -0.1) is 0 Å². The van der Waals surface area contributed by atoms with Crippen molar-refractivity contribution in [1.29, 1.82) is 0 Å². The van der Waals surface area contributed by atoms with Crippen LogP contribution in [0.25, 0.3) is 0 Å². The molecule has 122 valence electrons. The van der Waals surface area contributed by atoms with E-state index in [4.69, 9.17) is 4.74 Å². The highest BCUT2D eigenvalue weighted by molar-refractivity contribution is 5.95. The molecule has 1 saturated heterocycles. The zero-order valence-electron chi connectivity index (χ0n) is 13.8. The second-order valence-electron chi connectivity index (χ2n) is 5.83. The lowest BCUT2D eigenvalue weighted by atomic mass is 10.1. The van der Waals surface area contributed by atoms with Crippen molar-refractivity contribution in [2.75, 3.05) is 19.7 Å². The highest BCUT2D eigenvalue weighted by Crippen LogP contribution is 2.24. The van der Waals surface area contributed by atoms with Crippen LogP contribution in [0.1, 0.15) is 40.3 Å². The molecule has 2 aromatic rings. The van der Waals surface area contributed by atoms with Crippen molar-refractivity contribution in [3.8, 4) is 0 Å². The van der Waals surface area contributed by atoms with Gasteiger partial charge in [-0.1, -0.05) is 0 Å². The number of rotatable bonds is 3. The highest BCUT2D eigenvalue weighted by atomic mass is 16.5. The first-order valence-electron chi connectivity index (χ1n) is 7.96. The van der Waals surface area contributed by atoms with E-state index < -0.39 is 0 Å². The number of hydrogen-bond acceptors (Lipinski definition) is 4. The Labute approximate surface area is 136 Å². The summed E-state index contributed by atoms with van der Waals surface area (Å²) in [6.07, 6.45) is 3.51. The summed E-state index contributed by atoms with van der Waals surface area (Å²) in [7, 11) is 0. The number of ether oxygens (including phenoxy) is 1. The Bertz CT molecular complexity index is 710. The first kappa shape index (κ1) is 15.7. The molecule has 0 spiro atoms. The molecule has 6 heteroatoms. The molecular formula is C17H22N4O2. The SMILES string of the molecule is CCn1cc(C(=O)N2CCO[C@@H](c3ccnc(C)c3)C2)c(C)n1. The van der Waals surface area contributed by atoms with Gasteiger partial charge in [0.2, 0.25) is 0 Å². The number of amides is 1. The van der Waals surface area contributed by atoms with E-state index in [1.54, 1.807) is 10.9 Å². The Morgan fingerprint density at radius 1 is 1.43 bits per heavy atom. The molecule has 0 aliphatic carbocycles. The number of morpholine rings is 1. The van der Waals surface area contributed by atoms with Gasteiger partial charge in [-0.3, -0.25) is 14.5 Å². The third kappa shape index (κ3) is 3.27. The van der Waals surface area contributed by atoms with Crippen molar-refractivity contribution < 1.29 is 9.53 Å². The summed E-state index contributed by atoms with van der Waals surface area (Å²) in [4.78, 5) is 18.9. The van der Waals surface area contributed by atoms with Crippen molar-refractivity contribution in [2.45, 2.75) is 33.4 Å². The number of pyridine rings is 1. The van der Waals surface area contributed by atoms with Crippen molar-refractivity contribution >= 4 is 5.91 Å². The van der Waals surface area contributed by atoms with Gasteiger partial charge in [-0.2, -0.15) is 5.10 Å². The van der Waals surface area contributed by atoms with Crippen molar-refractivity contribution in [2.24, 2.45) is 0 Å². The molecule has 1 aliphatic heterocycles. The third-order valence-corrected chi connectivity index (χ3v) is 4.15. The predicted octanol–water partition coefficient (Wildman–Crippen LogP) is 2.13. The molecule has 3 rings (SSSR count). The van der Waals surface area contributed by atoms with Crippen molar-refractivity contribution in [3.63, 3.8) is 0 Å². The molecule has 1 aliphatic rings. The second-order valence-corrected chi connectivity index (χ2v) is 5.83. The minimum absolute atomic E-state index is 0.0290. The fraction of sp³-hybridized carbons (Fsp3) is 0.471. The summed E-state index contributed by atoms with van der Waals surface area (Å²) in [5.74, 6) is 0.0290. The molecule has 23 heavy (non-hydrogen) atoms. The van der Waals surface area contributed by atoms with E-state index >= 15 is 0 Å². The van der Waals surface area contributed by atoms with Gasteiger partial charge in [0.1, 0.15) is 6.10 Å². The summed E-state index contributed by atoms with van der Waals surface area (Å²) in [6.45, 7) is 8.31. The smallest absolute Gasteiger partial charge is 0.257 e. The Balaban J connectivity index is 1.77. The van der Waals surface area contributed by atoms with Crippen LogP contribution in [-0.4, -0.2) is 45.3 Å². The second kappa shape index (κ2) is 6.50. The molecule has 0 unspecified atom stereocenters. The molecule has 3 heterocycles. The number of aryl methyl sites for hydroxylation is 3. The largest absolute Gasteiger partial charge is 0.370 e. The van der Waals surface area contributed by atoms with Crippen LogP contribution in [-0.2, 0) is 11.3 Å². The topological polar surface area (TPSA) is 60.2 Å². The Kier molecular flexibility index (Phi) is 4.43. The van der Waals surface area contributed by atoms with Gasteiger partial charge in [-0.05, 0) is 38.5 Å². The molecule has 1 atom stereocenters. The molecule has 2 aromatic heterocycles. The quantitative estimate of drug-likeness (QED) is 0.871. The maximum absolute atomic E-state index is 12.8. The summed E-state index contributed by atoms with van der Waals surface area (Å²) < 4.78 is 7.65. The molecular weight excluding hydrogens is 292 g/mol. The van der Waals surface area contributed by atoms with Crippen LogP contribution in [0.15, 0.2) is 24.5 Å². The summed E-state index contributed by atoms with van der Waals surface area (Å²) >= 11 is 0. The van der Waals surface area contributed by atoms with Crippen LogP contribution in [0.2, 0.25) is 0 Å². The Hall–Kier alpha value is -2.21. The molecule has 0 aromatic carbocycles. The van der Waals surface area contributed by atoms with E-state index in [9.17, 15) is 4.79 Å². The average Bonchev–Trinajstić information content (AvgIpc) is 2.95. The lowest BCUT2D eigenvalue weighted by Crippen LogP contribution is -2.42.